The highest BCUT2D eigenvalue weighted by molar-refractivity contribution is 5.83. The van der Waals surface area contributed by atoms with Crippen molar-refractivity contribution >= 4 is 12.0 Å². The lowest BCUT2D eigenvalue weighted by atomic mass is 10.3. The lowest BCUT2D eigenvalue weighted by Crippen LogP contribution is -2.08. The minimum atomic E-state index is 0.463. The number of nitrogen functional groups attached to an aromatic ring is 1. The van der Waals surface area contributed by atoms with Crippen LogP contribution in [0.15, 0.2) is 18.5 Å². The number of aromatic nitrogens is 1. The van der Waals surface area contributed by atoms with Gasteiger partial charge in [-0.2, -0.15) is 0 Å². The lowest BCUT2D eigenvalue weighted by molar-refractivity contribution is 0.112. The number of pyridine rings is 1. The van der Waals surface area contributed by atoms with Gasteiger partial charge in [0.15, 0.2) is 6.29 Å². The molecule has 0 amide bonds. The van der Waals surface area contributed by atoms with Crippen LogP contribution in [0.3, 0.4) is 0 Å². The third-order valence-electron chi connectivity index (χ3n) is 1.13. The van der Waals surface area contributed by atoms with Gasteiger partial charge in [0.2, 0.25) is 0 Å². The standard InChI is InChI=1S/C6H7N3O/c7-9-6-1-2-8-3-5(6)4-10/h1-4H,7H2,(H,8,9). The first-order valence-corrected chi connectivity index (χ1v) is 2.74. The third kappa shape index (κ3) is 1.11. The predicted molar refractivity (Wildman–Crippen MR) is 37.4 cm³/mol. The zero-order valence-electron chi connectivity index (χ0n) is 5.24. The van der Waals surface area contributed by atoms with Crippen LogP contribution < -0.4 is 11.3 Å². The fourth-order valence-electron chi connectivity index (χ4n) is 0.632. The molecule has 0 aliphatic rings. The molecule has 10 heavy (non-hydrogen) atoms. The molecule has 0 aliphatic heterocycles. The molecule has 0 atom stereocenters. The van der Waals surface area contributed by atoms with Crippen LogP contribution in [0.25, 0.3) is 0 Å². The van der Waals surface area contributed by atoms with Crippen LogP contribution in [-0.2, 0) is 0 Å². The van der Waals surface area contributed by atoms with E-state index in [1.165, 1.54) is 6.20 Å². The number of hydrogen-bond donors (Lipinski definition) is 2. The molecule has 4 nitrogen and oxygen atoms in total. The monoisotopic (exact) mass is 137 g/mol. The Balaban J connectivity index is 3.08. The van der Waals surface area contributed by atoms with Crippen LogP contribution in [0.4, 0.5) is 5.69 Å². The van der Waals surface area contributed by atoms with Gasteiger partial charge in [0.25, 0.3) is 0 Å². The quantitative estimate of drug-likeness (QED) is 0.346. The van der Waals surface area contributed by atoms with E-state index in [1.807, 2.05) is 0 Å². The number of nitrogens with two attached hydrogens (primary N) is 1. The van der Waals surface area contributed by atoms with E-state index >= 15 is 0 Å². The second-order valence-corrected chi connectivity index (χ2v) is 1.73. The molecule has 1 heterocycles. The van der Waals surface area contributed by atoms with Crippen molar-refractivity contribution in [3.63, 3.8) is 0 Å². The highest BCUT2D eigenvalue weighted by atomic mass is 16.1. The van der Waals surface area contributed by atoms with E-state index in [4.69, 9.17) is 5.84 Å². The van der Waals surface area contributed by atoms with Gasteiger partial charge in [-0.15, -0.1) is 0 Å². The molecule has 0 bridgehead atoms. The van der Waals surface area contributed by atoms with E-state index in [1.54, 1.807) is 12.3 Å². The number of nitrogens with one attached hydrogen (secondary N) is 1. The Hall–Kier alpha value is -1.42. The van der Waals surface area contributed by atoms with E-state index in [2.05, 4.69) is 10.4 Å². The Kier molecular flexibility index (Phi) is 1.96. The number of hydrazine groups is 1. The number of anilines is 1. The molecule has 3 N–H and O–H groups in total. The Morgan fingerprint density at radius 1 is 1.70 bits per heavy atom. The summed E-state index contributed by atoms with van der Waals surface area (Å²) in [5.41, 5.74) is 3.43. The first-order valence-electron chi connectivity index (χ1n) is 2.74. The molecule has 0 unspecified atom stereocenters. The molecular formula is C6H7N3O. The number of carbonyl (C=O) groups is 1. The summed E-state index contributed by atoms with van der Waals surface area (Å²) in [7, 11) is 0. The van der Waals surface area contributed by atoms with Crippen molar-refractivity contribution in [2.24, 2.45) is 5.84 Å². The molecule has 0 radical (unpaired) electrons. The van der Waals surface area contributed by atoms with Crippen LogP contribution >= 0.6 is 0 Å². The van der Waals surface area contributed by atoms with E-state index in [0.29, 0.717) is 17.5 Å². The average molecular weight is 137 g/mol. The largest absolute Gasteiger partial charge is 0.323 e. The lowest BCUT2D eigenvalue weighted by Gasteiger charge is -1.99. The van der Waals surface area contributed by atoms with Crippen LogP contribution in [0.5, 0.6) is 0 Å². The van der Waals surface area contributed by atoms with Crippen LogP contribution in [0.1, 0.15) is 10.4 Å². The molecular weight excluding hydrogens is 130 g/mol. The molecule has 0 aromatic carbocycles. The van der Waals surface area contributed by atoms with Gasteiger partial charge in [-0.25, -0.2) is 0 Å². The maximum Gasteiger partial charge on any atom is 0.153 e. The van der Waals surface area contributed by atoms with Crippen molar-refractivity contribution in [3.8, 4) is 0 Å². The Morgan fingerprint density at radius 3 is 3.00 bits per heavy atom. The average Bonchev–Trinajstić information content (AvgIpc) is 2.04. The van der Waals surface area contributed by atoms with E-state index in [-0.39, 0.29) is 0 Å². The van der Waals surface area contributed by atoms with Crippen molar-refractivity contribution in [2.45, 2.75) is 0 Å². The van der Waals surface area contributed by atoms with E-state index in [0.717, 1.165) is 0 Å². The van der Waals surface area contributed by atoms with Crippen molar-refractivity contribution in [1.29, 1.82) is 0 Å². The zero-order valence-corrected chi connectivity index (χ0v) is 5.24. The summed E-state index contributed by atoms with van der Waals surface area (Å²) in [6.45, 7) is 0. The summed E-state index contributed by atoms with van der Waals surface area (Å²) in [6, 6.07) is 1.63. The van der Waals surface area contributed by atoms with Crippen molar-refractivity contribution in [3.05, 3.63) is 24.0 Å². The number of hydrogen-bond acceptors (Lipinski definition) is 4. The van der Waals surface area contributed by atoms with Gasteiger partial charge in [0, 0.05) is 12.4 Å². The Bertz CT molecular complexity index is 236. The normalized spacial score (nSPS) is 8.90. The maximum absolute atomic E-state index is 10.3. The van der Waals surface area contributed by atoms with Crippen molar-refractivity contribution < 1.29 is 4.79 Å². The van der Waals surface area contributed by atoms with E-state index < -0.39 is 0 Å². The van der Waals surface area contributed by atoms with Gasteiger partial charge >= 0.3 is 0 Å². The molecule has 1 aromatic rings. The van der Waals surface area contributed by atoms with Gasteiger partial charge < -0.3 is 5.43 Å². The smallest absolute Gasteiger partial charge is 0.153 e. The summed E-state index contributed by atoms with van der Waals surface area (Å²) in [6.07, 6.45) is 3.70. The van der Waals surface area contributed by atoms with Gasteiger partial charge in [0.05, 0.1) is 11.3 Å². The van der Waals surface area contributed by atoms with Crippen LogP contribution in [0.2, 0.25) is 0 Å². The molecule has 1 rings (SSSR count). The Morgan fingerprint density at radius 2 is 2.50 bits per heavy atom. The minimum Gasteiger partial charge on any atom is -0.323 e. The summed E-state index contributed by atoms with van der Waals surface area (Å²) in [5, 5.41) is 0. The van der Waals surface area contributed by atoms with Crippen molar-refractivity contribution in [2.75, 3.05) is 5.43 Å². The highest BCUT2D eigenvalue weighted by Gasteiger charge is 1.95. The number of carbonyl (C=O) groups excluding carboxylic acids is 1. The molecule has 0 aliphatic carbocycles. The fraction of sp³-hybridized carbons (Fsp3) is 0. The SMILES string of the molecule is NNc1ccncc1C=O. The molecule has 0 saturated carbocycles. The van der Waals surface area contributed by atoms with Crippen LogP contribution in [-0.4, -0.2) is 11.3 Å². The van der Waals surface area contributed by atoms with Gasteiger partial charge in [-0.05, 0) is 6.07 Å². The third-order valence-corrected chi connectivity index (χ3v) is 1.13. The molecule has 0 saturated heterocycles. The van der Waals surface area contributed by atoms with Gasteiger partial charge in [0.1, 0.15) is 0 Å². The van der Waals surface area contributed by atoms with Crippen LogP contribution in [0, 0.1) is 0 Å². The molecule has 4 heteroatoms. The summed E-state index contributed by atoms with van der Waals surface area (Å²) in [5.74, 6) is 5.09. The van der Waals surface area contributed by atoms with Gasteiger partial charge in [-0.1, -0.05) is 0 Å². The molecule has 0 spiro atoms. The number of aldehydes is 1. The number of rotatable bonds is 2. The van der Waals surface area contributed by atoms with Gasteiger partial charge in [-0.3, -0.25) is 15.6 Å². The molecule has 1 aromatic heterocycles. The fourth-order valence-corrected chi connectivity index (χ4v) is 0.632. The molecule has 0 fully saturated rings. The number of nitrogens with zero attached hydrogens (tertiary/aromatic N) is 1. The second kappa shape index (κ2) is 2.93. The summed E-state index contributed by atoms with van der Waals surface area (Å²) >= 11 is 0. The Labute approximate surface area is 58.0 Å². The first kappa shape index (κ1) is 6.70. The molecule has 52 valence electrons. The highest BCUT2D eigenvalue weighted by Crippen LogP contribution is 2.07. The summed E-state index contributed by atoms with van der Waals surface area (Å²) < 4.78 is 0. The predicted octanol–water partition coefficient (Wildman–Crippen LogP) is 0.180. The second-order valence-electron chi connectivity index (χ2n) is 1.73. The zero-order chi connectivity index (χ0) is 7.40. The maximum atomic E-state index is 10.3. The first-order chi connectivity index (χ1) is 4.88. The summed E-state index contributed by atoms with van der Waals surface area (Å²) in [4.78, 5) is 14.0. The topological polar surface area (TPSA) is 68.0 Å². The van der Waals surface area contributed by atoms with E-state index in [9.17, 15) is 4.79 Å². The minimum absolute atomic E-state index is 0.463. The van der Waals surface area contributed by atoms with Crippen molar-refractivity contribution in [1.82, 2.24) is 4.98 Å².